The van der Waals surface area contributed by atoms with Crippen LogP contribution in [0.25, 0.3) is 0 Å². The summed E-state index contributed by atoms with van der Waals surface area (Å²) in [6.45, 7) is 0.806. The normalized spacial score (nSPS) is 19.5. The van der Waals surface area contributed by atoms with Crippen LogP contribution < -0.4 is 10.1 Å². The minimum absolute atomic E-state index is 0.160. The third-order valence-electron chi connectivity index (χ3n) is 2.83. The predicted molar refractivity (Wildman–Crippen MR) is 74.9 cm³/mol. The molecule has 0 radical (unpaired) electrons. The highest BCUT2D eigenvalue weighted by Crippen LogP contribution is 2.35. The number of nitrogens with one attached hydrogen (secondary N) is 1. The summed E-state index contributed by atoms with van der Waals surface area (Å²) in [6.07, 6.45) is 1.24. The molecule has 1 aliphatic heterocycles. The summed E-state index contributed by atoms with van der Waals surface area (Å²) in [4.78, 5) is 0. The Morgan fingerprint density at radius 3 is 3.06 bits per heavy atom. The number of halogens is 1. The van der Waals surface area contributed by atoms with Gasteiger partial charge in [0.05, 0.1) is 11.6 Å². The number of hydrogen-bond donors (Lipinski definition) is 2. The van der Waals surface area contributed by atoms with Crippen LogP contribution in [-0.2, 0) is 6.54 Å². The fraction of sp³-hybridized carbons (Fsp3) is 0.500. The van der Waals surface area contributed by atoms with Crippen LogP contribution in [-0.4, -0.2) is 29.8 Å². The number of rotatable bonds is 4. The van der Waals surface area contributed by atoms with E-state index in [1.54, 1.807) is 7.11 Å². The van der Waals surface area contributed by atoms with E-state index in [0.717, 1.165) is 12.1 Å². The van der Waals surface area contributed by atoms with Gasteiger partial charge in [0.2, 0.25) is 0 Å². The summed E-state index contributed by atoms with van der Waals surface area (Å²) in [5, 5.41) is 13.2. The highest BCUT2D eigenvalue weighted by Gasteiger charge is 2.15. The molecule has 1 heterocycles. The topological polar surface area (TPSA) is 41.5 Å². The van der Waals surface area contributed by atoms with Crippen molar-refractivity contribution in [2.24, 2.45) is 0 Å². The van der Waals surface area contributed by atoms with E-state index in [9.17, 15) is 5.11 Å². The average Bonchev–Trinajstić information content (AvgIpc) is 2.83. The highest BCUT2D eigenvalue weighted by molar-refractivity contribution is 9.10. The zero-order valence-electron chi connectivity index (χ0n) is 9.70. The average molecular weight is 318 g/mol. The van der Waals surface area contributed by atoms with Crippen LogP contribution in [0.2, 0.25) is 0 Å². The SMILES string of the molecule is COc1cc(CNC2CCSC2)cc(Br)c1O. The van der Waals surface area contributed by atoms with Gasteiger partial charge in [-0.2, -0.15) is 11.8 Å². The first-order chi connectivity index (χ1) is 8.20. The standard InChI is InChI=1S/C12H16BrNO2S/c1-16-11-5-8(4-10(13)12(11)15)6-14-9-2-3-17-7-9/h4-5,9,14-15H,2-3,6-7H2,1H3. The van der Waals surface area contributed by atoms with E-state index >= 15 is 0 Å². The largest absolute Gasteiger partial charge is 0.503 e. The van der Waals surface area contributed by atoms with Gasteiger partial charge in [-0.05, 0) is 45.8 Å². The second-order valence-corrected chi connectivity index (χ2v) is 6.07. The van der Waals surface area contributed by atoms with Crippen molar-refractivity contribution >= 4 is 27.7 Å². The van der Waals surface area contributed by atoms with Crippen LogP contribution in [0, 0.1) is 0 Å². The van der Waals surface area contributed by atoms with Crippen LogP contribution in [0.15, 0.2) is 16.6 Å². The number of aromatic hydroxyl groups is 1. The van der Waals surface area contributed by atoms with Crippen LogP contribution in [0.3, 0.4) is 0 Å². The summed E-state index contributed by atoms with van der Waals surface area (Å²) in [7, 11) is 1.56. The molecule has 1 fully saturated rings. The Morgan fingerprint density at radius 2 is 2.41 bits per heavy atom. The van der Waals surface area contributed by atoms with Gasteiger partial charge in [-0.1, -0.05) is 0 Å². The number of phenolic OH excluding ortho intramolecular Hbond substituents is 1. The Labute approximate surface area is 114 Å². The van der Waals surface area contributed by atoms with Crippen molar-refractivity contribution in [3.8, 4) is 11.5 Å². The second-order valence-electron chi connectivity index (χ2n) is 4.07. The Kier molecular flexibility index (Phi) is 4.59. The molecule has 3 nitrogen and oxygen atoms in total. The first kappa shape index (κ1) is 13.1. The Balaban J connectivity index is 2.02. The maximum Gasteiger partial charge on any atom is 0.172 e. The number of methoxy groups -OCH3 is 1. The quantitative estimate of drug-likeness (QED) is 0.896. The fourth-order valence-corrected chi connectivity index (χ4v) is 3.52. The molecule has 0 bridgehead atoms. The smallest absolute Gasteiger partial charge is 0.172 e. The first-order valence-corrected chi connectivity index (χ1v) is 7.52. The molecule has 0 amide bonds. The van der Waals surface area contributed by atoms with Gasteiger partial charge in [0.1, 0.15) is 0 Å². The van der Waals surface area contributed by atoms with Gasteiger partial charge >= 0.3 is 0 Å². The molecule has 2 N–H and O–H groups in total. The zero-order chi connectivity index (χ0) is 12.3. The fourth-order valence-electron chi connectivity index (χ4n) is 1.84. The van der Waals surface area contributed by atoms with Gasteiger partial charge in [0.15, 0.2) is 11.5 Å². The summed E-state index contributed by atoms with van der Waals surface area (Å²) in [5.74, 6) is 3.11. The molecule has 5 heteroatoms. The number of benzene rings is 1. The van der Waals surface area contributed by atoms with Gasteiger partial charge in [-0.15, -0.1) is 0 Å². The zero-order valence-corrected chi connectivity index (χ0v) is 12.1. The van der Waals surface area contributed by atoms with E-state index in [4.69, 9.17) is 4.74 Å². The molecule has 1 atom stereocenters. The summed E-state index contributed by atoms with van der Waals surface area (Å²) < 4.78 is 5.80. The van der Waals surface area contributed by atoms with Crippen LogP contribution in [0.5, 0.6) is 11.5 Å². The Morgan fingerprint density at radius 1 is 1.59 bits per heavy atom. The summed E-state index contributed by atoms with van der Waals surface area (Å²) in [5.41, 5.74) is 1.11. The Bertz CT molecular complexity index is 394. The van der Waals surface area contributed by atoms with E-state index < -0.39 is 0 Å². The van der Waals surface area contributed by atoms with Gasteiger partial charge in [-0.3, -0.25) is 0 Å². The lowest BCUT2D eigenvalue weighted by Gasteiger charge is -2.13. The van der Waals surface area contributed by atoms with Crippen molar-refractivity contribution in [3.05, 3.63) is 22.2 Å². The maximum atomic E-state index is 9.71. The van der Waals surface area contributed by atoms with Crippen molar-refractivity contribution in [2.45, 2.75) is 19.0 Å². The summed E-state index contributed by atoms with van der Waals surface area (Å²) in [6, 6.07) is 4.40. The lowest BCUT2D eigenvalue weighted by atomic mass is 10.2. The van der Waals surface area contributed by atoms with E-state index in [0.29, 0.717) is 16.3 Å². The maximum absolute atomic E-state index is 9.71. The van der Waals surface area contributed by atoms with E-state index in [-0.39, 0.29) is 5.75 Å². The van der Waals surface area contributed by atoms with E-state index in [1.165, 1.54) is 17.9 Å². The molecule has 0 spiro atoms. The molecule has 0 aromatic heterocycles. The van der Waals surface area contributed by atoms with Crippen molar-refractivity contribution < 1.29 is 9.84 Å². The van der Waals surface area contributed by atoms with Crippen molar-refractivity contribution in [2.75, 3.05) is 18.6 Å². The number of phenols is 1. The van der Waals surface area contributed by atoms with Crippen molar-refractivity contribution in [1.29, 1.82) is 0 Å². The third-order valence-corrected chi connectivity index (χ3v) is 4.60. The number of hydrogen-bond acceptors (Lipinski definition) is 4. The van der Waals surface area contributed by atoms with Gasteiger partial charge in [0.25, 0.3) is 0 Å². The van der Waals surface area contributed by atoms with Crippen molar-refractivity contribution in [1.82, 2.24) is 5.32 Å². The molecule has 1 aromatic rings. The minimum Gasteiger partial charge on any atom is -0.503 e. The molecule has 0 saturated carbocycles. The molecule has 1 aliphatic rings. The minimum atomic E-state index is 0.160. The van der Waals surface area contributed by atoms with Crippen LogP contribution >= 0.6 is 27.7 Å². The number of thioether (sulfide) groups is 1. The highest BCUT2D eigenvalue weighted by atomic mass is 79.9. The van der Waals surface area contributed by atoms with Gasteiger partial charge in [0, 0.05) is 18.3 Å². The van der Waals surface area contributed by atoms with E-state index in [1.807, 2.05) is 23.9 Å². The van der Waals surface area contributed by atoms with E-state index in [2.05, 4.69) is 21.2 Å². The van der Waals surface area contributed by atoms with Gasteiger partial charge in [-0.25, -0.2) is 0 Å². The summed E-state index contributed by atoms with van der Waals surface area (Å²) >= 11 is 5.32. The molecular weight excluding hydrogens is 302 g/mol. The lowest BCUT2D eigenvalue weighted by molar-refractivity contribution is 0.371. The van der Waals surface area contributed by atoms with Crippen LogP contribution in [0.4, 0.5) is 0 Å². The number of ether oxygens (including phenoxy) is 1. The molecular formula is C12H16BrNO2S. The lowest BCUT2D eigenvalue weighted by Crippen LogP contribution is -2.27. The van der Waals surface area contributed by atoms with Crippen molar-refractivity contribution in [3.63, 3.8) is 0 Å². The predicted octanol–water partition coefficient (Wildman–Crippen LogP) is 2.76. The first-order valence-electron chi connectivity index (χ1n) is 5.57. The molecule has 1 aromatic carbocycles. The molecule has 2 rings (SSSR count). The van der Waals surface area contributed by atoms with Crippen LogP contribution in [0.1, 0.15) is 12.0 Å². The Hall–Kier alpha value is -0.390. The monoisotopic (exact) mass is 317 g/mol. The van der Waals surface area contributed by atoms with Gasteiger partial charge < -0.3 is 15.2 Å². The molecule has 1 unspecified atom stereocenters. The molecule has 1 saturated heterocycles. The molecule has 0 aliphatic carbocycles. The second kappa shape index (κ2) is 5.98. The molecule has 94 valence electrons. The third kappa shape index (κ3) is 3.30. The molecule has 17 heavy (non-hydrogen) atoms.